The zero-order valence-electron chi connectivity index (χ0n) is 10.6. The van der Waals surface area contributed by atoms with Gasteiger partial charge >= 0.3 is 5.63 Å². The van der Waals surface area contributed by atoms with Crippen LogP contribution in [0.3, 0.4) is 0 Å². The highest BCUT2D eigenvalue weighted by atomic mass is 79.9. The van der Waals surface area contributed by atoms with Crippen LogP contribution in [-0.4, -0.2) is 17.0 Å². The summed E-state index contributed by atoms with van der Waals surface area (Å²) in [7, 11) is 0. The molecule has 2 rings (SSSR count). The van der Waals surface area contributed by atoms with Crippen molar-refractivity contribution in [2.75, 3.05) is 6.61 Å². The Balaban J connectivity index is 2.29. The molecule has 2 aromatic rings. The normalized spacial score (nSPS) is 12.8. The molecule has 0 fully saturated rings. The number of halogens is 1. The molecule has 19 heavy (non-hydrogen) atoms. The van der Waals surface area contributed by atoms with Crippen molar-refractivity contribution in [3.05, 3.63) is 44.7 Å². The molecule has 3 nitrogen and oxygen atoms in total. The summed E-state index contributed by atoms with van der Waals surface area (Å²) in [6.45, 7) is 2.27. The number of hydrogen-bond acceptors (Lipinski definition) is 4. The Morgan fingerprint density at radius 2 is 2.21 bits per heavy atom. The molecule has 0 radical (unpaired) electrons. The highest BCUT2D eigenvalue weighted by molar-refractivity contribution is 9.10. The summed E-state index contributed by atoms with van der Waals surface area (Å²) in [5.41, 5.74) is 1.26. The van der Waals surface area contributed by atoms with E-state index in [1.54, 1.807) is 17.8 Å². The topological polar surface area (TPSA) is 50.4 Å². The third-order valence-corrected chi connectivity index (χ3v) is 4.63. The van der Waals surface area contributed by atoms with Crippen LogP contribution in [0.1, 0.15) is 18.9 Å². The first-order chi connectivity index (χ1) is 9.10. The fraction of sp³-hybridized carbons (Fsp3) is 0.357. The summed E-state index contributed by atoms with van der Waals surface area (Å²) in [4.78, 5) is 11.6. The fourth-order valence-electron chi connectivity index (χ4n) is 1.82. The van der Waals surface area contributed by atoms with Crippen LogP contribution < -0.4 is 5.63 Å². The Bertz CT molecular complexity index is 624. The summed E-state index contributed by atoms with van der Waals surface area (Å²) < 4.78 is 6.09. The van der Waals surface area contributed by atoms with Gasteiger partial charge in [-0.2, -0.15) is 11.8 Å². The Kier molecular flexibility index (Phi) is 5.07. The molecular formula is C14H15BrO3S. The van der Waals surface area contributed by atoms with Crippen LogP contribution in [0.25, 0.3) is 11.0 Å². The molecule has 0 saturated heterocycles. The van der Waals surface area contributed by atoms with E-state index in [2.05, 4.69) is 22.9 Å². The third kappa shape index (κ3) is 3.84. The van der Waals surface area contributed by atoms with Gasteiger partial charge in [-0.1, -0.05) is 22.9 Å². The van der Waals surface area contributed by atoms with Crippen molar-refractivity contribution in [2.45, 2.75) is 24.3 Å². The first-order valence-electron chi connectivity index (χ1n) is 6.05. The predicted molar refractivity (Wildman–Crippen MR) is 82.6 cm³/mol. The Labute approximate surface area is 124 Å². The van der Waals surface area contributed by atoms with Crippen molar-refractivity contribution < 1.29 is 9.52 Å². The SMILES string of the molecule is CC(CCO)SCc1cc(=O)oc2cc(Br)ccc12. The van der Waals surface area contributed by atoms with Gasteiger partial charge in [-0.3, -0.25) is 0 Å². The molecule has 0 spiro atoms. The molecule has 1 aromatic carbocycles. The quantitative estimate of drug-likeness (QED) is 0.844. The number of fused-ring (bicyclic) bond motifs is 1. The number of thioether (sulfide) groups is 1. The fourth-order valence-corrected chi connectivity index (χ4v) is 3.14. The molecular weight excluding hydrogens is 328 g/mol. The minimum Gasteiger partial charge on any atom is -0.423 e. The van der Waals surface area contributed by atoms with Gasteiger partial charge in [-0.15, -0.1) is 0 Å². The van der Waals surface area contributed by atoms with Crippen molar-refractivity contribution >= 4 is 38.7 Å². The van der Waals surface area contributed by atoms with Gasteiger partial charge in [0, 0.05) is 33.5 Å². The minimum absolute atomic E-state index is 0.193. The largest absolute Gasteiger partial charge is 0.423 e. The average molecular weight is 343 g/mol. The van der Waals surface area contributed by atoms with Gasteiger partial charge in [0.2, 0.25) is 0 Å². The van der Waals surface area contributed by atoms with Crippen molar-refractivity contribution in [3.63, 3.8) is 0 Å². The summed E-state index contributed by atoms with van der Waals surface area (Å²) in [6.07, 6.45) is 0.760. The average Bonchev–Trinajstić information content (AvgIpc) is 2.35. The lowest BCUT2D eigenvalue weighted by Crippen LogP contribution is -2.03. The van der Waals surface area contributed by atoms with Gasteiger partial charge in [0.1, 0.15) is 5.58 Å². The first kappa shape index (κ1) is 14.6. The van der Waals surface area contributed by atoms with E-state index in [-0.39, 0.29) is 12.2 Å². The predicted octanol–water partition coefficient (Wildman–Crippen LogP) is 3.56. The van der Waals surface area contributed by atoms with Crippen molar-refractivity contribution in [1.29, 1.82) is 0 Å². The molecule has 1 N–H and O–H groups in total. The number of aliphatic hydroxyl groups is 1. The number of rotatable bonds is 5. The second kappa shape index (κ2) is 6.59. The lowest BCUT2D eigenvalue weighted by Gasteiger charge is -2.10. The molecule has 0 aliphatic rings. The van der Waals surface area contributed by atoms with Gasteiger partial charge in [-0.25, -0.2) is 4.79 Å². The van der Waals surface area contributed by atoms with Crippen LogP contribution in [0.5, 0.6) is 0 Å². The van der Waals surface area contributed by atoms with E-state index in [0.29, 0.717) is 10.8 Å². The summed E-state index contributed by atoms with van der Waals surface area (Å²) in [6, 6.07) is 7.25. The number of hydrogen-bond donors (Lipinski definition) is 1. The minimum atomic E-state index is -0.323. The lowest BCUT2D eigenvalue weighted by atomic mass is 10.1. The van der Waals surface area contributed by atoms with Crippen LogP contribution in [0, 0.1) is 0 Å². The Morgan fingerprint density at radius 3 is 2.95 bits per heavy atom. The molecule has 1 atom stereocenters. The van der Waals surface area contributed by atoms with Crippen LogP contribution in [0.4, 0.5) is 0 Å². The Hall–Kier alpha value is -0.780. The maximum absolute atomic E-state index is 11.6. The second-order valence-corrected chi connectivity index (χ2v) is 6.71. The standard InChI is InChI=1S/C14H15BrO3S/c1-9(4-5-16)19-8-10-6-14(17)18-13-7-11(15)2-3-12(10)13/h2-3,6-7,9,16H,4-5,8H2,1H3. The van der Waals surface area contributed by atoms with E-state index in [9.17, 15) is 4.79 Å². The molecule has 102 valence electrons. The molecule has 0 amide bonds. The smallest absolute Gasteiger partial charge is 0.336 e. The van der Waals surface area contributed by atoms with E-state index < -0.39 is 0 Å². The molecule has 1 heterocycles. The van der Waals surface area contributed by atoms with E-state index in [1.165, 1.54) is 0 Å². The van der Waals surface area contributed by atoms with Gasteiger partial charge in [-0.05, 0) is 30.2 Å². The third-order valence-electron chi connectivity index (χ3n) is 2.85. The van der Waals surface area contributed by atoms with E-state index >= 15 is 0 Å². The highest BCUT2D eigenvalue weighted by Crippen LogP contribution is 2.26. The van der Waals surface area contributed by atoms with Crippen LogP contribution in [0.15, 0.2) is 37.9 Å². The van der Waals surface area contributed by atoms with Gasteiger partial charge in [0.25, 0.3) is 0 Å². The number of benzene rings is 1. The highest BCUT2D eigenvalue weighted by Gasteiger charge is 2.08. The van der Waals surface area contributed by atoms with Crippen molar-refractivity contribution in [1.82, 2.24) is 0 Å². The molecule has 0 saturated carbocycles. The lowest BCUT2D eigenvalue weighted by molar-refractivity contribution is 0.289. The maximum Gasteiger partial charge on any atom is 0.336 e. The van der Waals surface area contributed by atoms with E-state index in [1.807, 2.05) is 18.2 Å². The van der Waals surface area contributed by atoms with Gasteiger partial charge in [0.15, 0.2) is 0 Å². The van der Waals surface area contributed by atoms with Gasteiger partial charge < -0.3 is 9.52 Å². The van der Waals surface area contributed by atoms with Crippen LogP contribution in [0.2, 0.25) is 0 Å². The molecule has 1 aromatic heterocycles. The van der Waals surface area contributed by atoms with E-state index in [4.69, 9.17) is 9.52 Å². The van der Waals surface area contributed by atoms with Gasteiger partial charge in [0.05, 0.1) is 0 Å². The summed E-state index contributed by atoms with van der Waals surface area (Å²) >= 11 is 5.10. The zero-order valence-corrected chi connectivity index (χ0v) is 13.0. The molecule has 0 bridgehead atoms. The van der Waals surface area contributed by atoms with Crippen LogP contribution in [-0.2, 0) is 5.75 Å². The molecule has 0 aliphatic carbocycles. The second-order valence-electron chi connectivity index (χ2n) is 4.37. The maximum atomic E-state index is 11.6. The van der Waals surface area contributed by atoms with Crippen LogP contribution >= 0.6 is 27.7 Å². The number of aliphatic hydroxyl groups excluding tert-OH is 1. The monoisotopic (exact) mass is 342 g/mol. The first-order valence-corrected chi connectivity index (χ1v) is 7.89. The van der Waals surface area contributed by atoms with E-state index in [0.717, 1.165) is 27.6 Å². The van der Waals surface area contributed by atoms with Crippen molar-refractivity contribution in [2.24, 2.45) is 0 Å². The molecule has 1 unspecified atom stereocenters. The zero-order chi connectivity index (χ0) is 13.8. The molecule has 5 heteroatoms. The summed E-state index contributed by atoms with van der Waals surface area (Å²) in [5, 5.41) is 10.2. The Morgan fingerprint density at radius 1 is 1.42 bits per heavy atom. The summed E-state index contributed by atoms with van der Waals surface area (Å²) in [5.74, 6) is 0.741. The molecule has 0 aliphatic heterocycles. The van der Waals surface area contributed by atoms with Crippen molar-refractivity contribution in [3.8, 4) is 0 Å².